The molecule has 1 heterocycles. The molecule has 1 N–H and O–H groups in total. The van der Waals surface area contributed by atoms with Gasteiger partial charge in [-0.3, -0.25) is 4.79 Å². The van der Waals surface area contributed by atoms with Crippen LogP contribution in [0.3, 0.4) is 0 Å². The molecule has 0 radical (unpaired) electrons. The number of hydrogen-bond donors (Lipinski definition) is 1. The molecule has 4 heteroatoms. The summed E-state index contributed by atoms with van der Waals surface area (Å²) in [4.78, 5) is 16.6. The van der Waals surface area contributed by atoms with Crippen molar-refractivity contribution in [2.75, 3.05) is 0 Å². The van der Waals surface area contributed by atoms with E-state index in [0.717, 1.165) is 31.4 Å². The molecule has 102 valence electrons. The molecule has 0 saturated carbocycles. The van der Waals surface area contributed by atoms with Crippen molar-refractivity contribution in [2.45, 2.75) is 65.2 Å². The number of carboxylic acid groups (broad SMARTS) is 1. The number of aliphatic carboxylic acids is 1. The van der Waals surface area contributed by atoms with Gasteiger partial charge in [0.2, 0.25) is 0 Å². The molecule has 3 nitrogen and oxygen atoms in total. The van der Waals surface area contributed by atoms with Crippen molar-refractivity contribution in [3.05, 3.63) is 15.6 Å². The highest BCUT2D eigenvalue weighted by Crippen LogP contribution is 2.30. The zero-order valence-corrected chi connectivity index (χ0v) is 12.3. The minimum absolute atomic E-state index is 0.210. The number of nitrogens with zero attached hydrogens (tertiary/aromatic N) is 1. The molecular formula is C14H23NO2S. The van der Waals surface area contributed by atoms with E-state index in [1.54, 1.807) is 11.3 Å². The summed E-state index contributed by atoms with van der Waals surface area (Å²) in [5, 5.41) is 9.99. The van der Waals surface area contributed by atoms with Crippen LogP contribution in [0.5, 0.6) is 0 Å². The van der Waals surface area contributed by atoms with Crippen LogP contribution in [0.1, 0.15) is 68.0 Å². The Hall–Kier alpha value is -0.900. The molecule has 0 aliphatic heterocycles. The van der Waals surface area contributed by atoms with Gasteiger partial charge in [-0.2, -0.15) is 0 Å². The molecule has 0 aromatic carbocycles. The van der Waals surface area contributed by atoms with Crippen molar-refractivity contribution in [1.29, 1.82) is 0 Å². The predicted molar refractivity (Wildman–Crippen MR) is 75.4 cm³/mol. The largest absolute Gasteiger partial charge is 0.481 e. The molecule has 0 spiro atoms. The van der Waals surface area contributed by atoms with E-state index in [0.29, 0.717) is 12.3 Å². The van der Waals surface area contributed by atoms with Crippen molar-refractivity contribution >= 4 is 17.3 Å². The molecule has 0 amide bonds. The second kappa shape index (κ2) is 7.52. The van der Waals surface area contributed by atoms with Gasteiger partial charge in [0.25, 0.3) is 0 Å². The third-order valence-corrected chi connectivity index (χ3v) is 4.50. The monoisotopic (exact) mass is 269 g/mol. The van der Waals surface area contributed by atoms with Gasteiger partial charge in [-0.05, 0) is 25.7 Å². The molecular weight excluding hydrogens is 246 g/mol. The fraction of sp³-hybridized carbons (Fsp3) is 0.714. The average molecular weight is 269 g/mol. The lowest BCUT2D eigenvalue weighted by molar-refractivity contribution is -0.136. The van der Waals surface area contributed by atoms with Gasteiger partial charge in [0.05, 0.1) is 17.1 Å². The molecule has 0 aliphatic carbocycles. The number of thiazole rings is 1. The molecule has 1 aromatic heterocycles. The third kappa shape index (κ3) is 4.09. The first-order valence-electron chi connectivity index (χ1n) is 6.82. The maximum Gasteiger partial charge on any atom is 0.303 e. The lowest BCUT2D eigenvalue weighted by Gasteiger charge is -2.06. The SMILES string of the molecule is CCCc1nc(C(CC)CC)sc1CCC(=O)O. The highest BCUT2D eigenvalue weighted by atomic mass is 32.1. The number of rotatable bonds is 8. The van der Waals surface area contributed by atoms with E-state index in [1.807, 2.05) is 0 Å². The summed E-state index contributed by atoms with van der Waals surface area (Å²) in [7, 11) is 0. The topological polar surface area (TPSA) is 50.2 Å². The summed E-state index contributed by atoms with van der Waals surface area (Å²) in [5.74, 6) is -0.195. The number of carbonyl (C=O) groups is 1. The second-order valence-electron chi connectivity index (χ2n) is 4.58. The Labute approximate surface area is 113 Å². The van der Waals surface area contributed by atoms with Crippen LogP contribution in [-0.2, 0) is 17.6 Å². The maximum absolute atomic E-state index is 10.7. The van der Waals surface area contributed by atoms with Gasteiger partial charge < -0.3 is 5.11 Å². The Morgan fingerprint density at radius 1 is 1.28 bits per heavy atom. The molecule has 0 fully saturated rings. The number of aromatic nitrogens is 1. The molecule has 0 saturated heterocycles. The number of aryl methyl sites for hydroxylation is 2. The standard InChI is InChI=1S/C14H23NO2S/c1-4-7-11-12(8-9-13(16)17)18-14(15-11)10(5-2)6-3/h10H,4-9H2,1-3H3,(H,16,17). The first-order chi connectivity index (χ1) is 8.62. The highest BCUT2D eigenvalue weighted by molar-refractivity contribution is 7.11. The van der Waals surface area contributed by atoms with Crippen LogP contribution in [-0.4, -0.2) is 16.1 Å². The Morgan fingerprint density at radius 3 is 2.44 bits per heavy atom. The van der Waals surface area contributed by atoms with Crippen LogP contribution in [0.25, 0.3) is 0 Å². The quantitative estimate of drug-likeness (QED) is 0.775. The molecule has 1 aromatic rings. The van der Waals surface area contributed by atoms with Crippen LogP contribution in [0.2, 0.25) is 0 Å². The van der Waals surface area contributed by atoms with E-state index in [2.05, 4.69) is 20.8 Å². The van der Waals surface area contributed by atoms with Gasteiger partial charge in [0.1, 0.15) is 0 Å². The van der Waals surface area contributed by atoms with E-state index in [9.17, 15) is 4.79 Å². The Kier molecular flexibility index (Phi) is 6.33. The zero-order chi connectivity index (χ0) is 13.5. The van der Waals surface area contributed by atoms with Crippen LogP contribution in [0.15, 0.2) is 0 Å². The lowest BCUT2D eigenvalue weighted by Crippen LogP contribution is -1.98. The van der Waals surface area contributed by atoms with Crippen molar-refractivity contribution in [1.82, 2.24) is 4.98 Å². The van der Waals surface area contributed by atoms with E-state index in [4.69, 9.17) is 10.1 Å². The molecule has 0 atom stereocenters. The van der Waals surface area contributed by atoms with Gasteiger partial charge in [-0.25, -0.2) is 4.98 Å². The van der Waals surface area contributed by atoms with Crippen LogP contribution in [0, 0.1) is 0 Å². The van der Waals surface area contributed by atoms with Crippen LogP contribution in [0.4, 0.5) is 0 Å². The number of hydrogen-bond acceptors (Lipinski definition) is 3. The molecule has 1 rings (SSSR count). The number of carboxylic acids is 1. The van der Waals surface area contributed by atoms with E-state index >= 15 is 0 Å². The summed E-state index contributed by atoms with van der Waals surface area (Å²) in [6.45, 7) is 6.51. The van der Waals surface area contributed by atoms with E-state index < -0.39 is 5.97 Å². The molecule has 0 unspecified atom stereocenters. The zero-order valence-electron chi connectivity index (χ0n) is 11.5. The molecule has 0 bridgehead atoms. The van der Waals surface area contributed by atoms with Crippen molar-refractivity contribution < 1.29 is 9.90 Å². The Balaban J connectivity index is 2.88. The Bertz CT molecular complexity index is 383. The average Bonchev–Trinajstić information content (AvgIpc) is 2.72. The minimum Gasteiger partial charge on any atom is -0.481 e. The van der Waals surface area contributed by atoms with Crippen molar-refractivity contribution in [2.24, 2.45) is 0 Å². The van der Waals surface area contributed by atoms with Gasteiger partial charge in [-0.15, -0.1) is 11.3 Å². The van der Waals surface area contributed by atoms with Gasteiger partial charge in [0, 0.05) is 10.8 Å². The summed E-state index contributed by atoms with van der Waals surface area (Å²) in [5.41, 5.74) is 1.13. The smallest absolute Gasteiger partial charge is 0.303 e. The normalized spacial score (nSPS) is 11.1. The lowest BCUT2D eigenvalue weighted by atomic mass is 10.1. The van der Waals surface area contributed by atoms with Gasteiger partial charge >= 0.3 is 5.97 Å². The fourth-order valence-corrected chi connectivity index (χ4v) is 3.44. The third-order valence-electron chi connectivity index (χ3n) is 3.18. The van der Waals surface area contributed by atoms with E-state index in [1.165, 1.54) is 9.88 Å². The molecule has 0 aliphatic rings. The first-order valence-corrected chi connectivity index (χ1v) is 7.64. The minimum atomic E-state index is -0.727. The van der Waals surface area contributed by atoms with E-state index in [-0.39, 0.29) is 6.42 Å². The molecule has 18 heavy (non-hydrogen) atoms. The van der Waals surface area contributed by atoms with Crippen LogP contribution < -0.4 is 0 Å². The summed E-state index contributed by atoms with van der Waals surface area (Å²) < 4.78 is 0. The van der Waals surface area contributed by atoms with Crippen molar-refractivity contribution in [3.63, 3.8) is 0 Å². The first kappa shape index (κ1) is 15.2. The summed E-state index contributed by atoms with van der Waals surface area (Å²) in [6, 6.07) is 0. The summed E-state index contributed by atoms with van der Waals surface area (Å²) in [6.07, 6.45) is 5.07. The van der Waals surface area contributed by atoms with Gasteiger partial charge in [0.15, 0.2) is 0 Å². The predicted octanol–water partition coefficient (Wildman–Crippen LogP) is 4.02. The summed E-state index contributed by atoms with van der Waals surface area (Å²) >= 11 is 1.72. The fourth-order valence-electron chi connectivity index (χ4n) is 2.06. The van der Waals surface area contributed by atoms with Crippen LogP contribution >= 0.6 is 11.3 Å². The van der Waals surface area contributed by atoms with Crippen molar-refractivity contribution in [3.8, 4) is 0 Å². The Morgan fingerprint density at radius 2 is 1.94 bits per heavy atom. The maximum atomic E-state index is 10.7. The highest BCUT2D eigenvalue weighted by Gasteiger charge is 2.16. The second-order valence-corrected chi connectivity index (χ2v) is 5.69. The van der Waals surface area contributed by atoms with Gasteiger partial charge in [-0.1, -0.05) is 27.2 Å².